The van der Waals surface area contributed by atoms with Crippen molar-refractivity contribution in [1.29, 1.82) is 0 Å². The zero-order chi connectivity index (χ0) is 11.3. The minimum atomic E-state index is -0.424. The molecule has 0 saturated heterocycles. The Morgan fingerprint density at radius 2 is 2.27 bits per heavy atom. The largest absolute Gasteiger partial charge is 0.497 e. The number of benzene rings is 1. The number of nitrogens with zero attached hydrogens (tertiary/aromatic N) is 1. The molecule has 1 aromatic carbocycles. The van der Waals surface area contributed by atoms with Crippen LogP contribution >= 0.6 is 0 Å². The van der Waals surface area contributed by atoms with Gasteiger partial charge in [-0.2, -0.15) is 0 Å². The highest BCUT2D eigenvalue weighted by atomic mass is 16.6. The van der Waals surface area contributed by atoms with Gasteiger partial charge in [-0.15, -0.1) is 0 Å². The number of rotatable bonds is 5. The van der Waals surface area contributed by atoms with E-state index in [1.165, 1.54) is 13.2 Å². The molecular weight excluding hydrogens is 198 g/mol. The molecule has 15 heavy (non-hydrogen) atoms. The van der Waals surface area contributed by atoms with Crippen molar-refractivity contribution in [2.75, 3.05) is 13.7 Å². The Balaban J connectivity index is 2.99. The van der Waals surface area contributed by atoms with Crippen molar-refractivity contribution in [3.8, 4) is 5.75 Å². The Labute approximate surface area is 87.5 Å². The molecule has 0 aliphatic heterocycles. The van der Waals surface area contributed by atoms with Crippen LogP contribution in [0.3, 0.4) is 0 Å². The molecule has 0 saturated carbocycles. The fraction of sp³-hybridized carbons (Fsp3) is 0.400. The second-order valence-corrected chi connectivity index (χ2v) is 3.08. The summed E-state index contributed by atoms with van der Waals surface area (Å²) in [7, 11) is 1.51. The molecule has 0 aliphatic rings. The van der Waals surface area contributed by atoms with Gasteiger partial charge in [-0.25, -0.2) is 0 Å². The molecule has 0 aliphatic carbocycles. The third kappa shape index (κ3) is 2.92. The van der Waals surface area contributed by atoms with Gasteiger partial charge < -0.3 is 9.84 Å². The Bertz CT molecular complexity index is 351. The van der Waals surface area contributed by atoms with Crippen molar-refractivity contribution < 1.29 is 14.8 Å². The molecule has 0 heterocycles. The molecule has 0 atom stereocenters. The zero-order valence-corrected chi connectivity index (χ0v) is 8.47. The monoisotopic (exact) mass is 211 g/mol. The summed E-state index contributed by atoms with van der Waals surface area (Å²) in [6.45, 7) is 0.0222. The standard InChI is InChI=1S/C10H13NO4/c1-15-9-4-5-10(11(13)14)8(7-9)3-2-6-12/h4-5,7,12H,2-3,6H2,1H3. The van der Waals surface area contributed by atoms with Gasteiger partial charge in [0.25, 0.3) is 5.69 Å². The quantitative estimate of drug-likeness (QED) is 0.592. The van der Waals surface area contributed by atoms with Crippen molar-refractivity contribution in [2.24, 2.45) is 0 Å². The molecule has 0 aromatic heterocycles. The molecule has 0 radical (unpaired) electrons. The van der Waals surface area contributed by atoms with Gasteiger partial charge in [-0.1, -0.05) is 0 Å². The topological polar surface area (TPSA) is 72.6 Å². The normalized spacial score (nSPS) is 10.0. The molecular formula is C10H13NO4. The molecule has 1 N–H and O–H groups in total. The maximum Gasteiger partial charge on any atom is 0.272 e. The lowest BCUT2D eigenvalue weighted by Gasteiger charge is -2.04. The van der Waals surface area contributed by atoms with Crippen LogP contribution in [0.1, 0.15) is 12.0 Å². The van der Waals surface area contributed by atoms with E-state index in [2.05, 4.69) is 0 Å². The molecule has 0 bridgehead atoms. The van der Waals surface area contributed by atoms with E-state index >= 15 is 0 Å². The first-order valence-electron chi connectivity index (χ1n) is 4.61. The van der Waals surface area contributed by atoms with E-state index in [-0.39, 0.29) is 12.3 Å². The van der Waals surface area contributed by atoms with Gasteiger partial charge in [0.15, 0.2) is 0 Å². The third-order valence-electron chi connectivity index (χ3n) is 2.09. The third-order valence-corrected chi connectivity index (χ3v) is 2.09. The van der Waals surface area contributed by atoms with Crippen LogP contribution in [-0.4, -0.2) is 23.7 Å². The summed E-state index contributed by atoms with van der Waals surface area (Å²) in [6, 6.07) is 4.61. The molecule has 5 nitrogen and oxygen atoms in total. The van der Waals surface area contributed by atoms with E-state index in [4.69, 9.17) is 9.84 Å². The lowest BCUT2D eigenvalue weighted by Crippen LogP contribution is -1.98. The molecule has 0 spiro atoms. The van der Waals surface area contributed by atoms with Gasteiger partial charge in [0.2, 0.25) is 0 Å². The van der Waals surface area contributed by atoms with Crippen molar-refractivity contribution >= 4 is 5.69 Å². The number of hydrogen-bond acceptors (Lipinski definition) is 4. The smallest absolute Gasteiger partial charge is 0.272 e. The maximum absolute atomic E-state index is 10.7. The summed E-state index contributed by atoms with van der Waals surface area (Å²) in [5.41, 5.74) is 0.664. The average molecular weight is 211 g/mol. The van der Waals surface area contributed by atoms with E-state index in [9.17, 15) is 10.1 Å². The number of methoxy groups -OCH3 is 1. The SMILES string of the molecule is COc1ccc([N+](=O)[O-])c(CCCO)c1. The van der Waals surface area contributed by atoms with Crippen LogP contribution < -0.4 is 4.74 Å². The van der Waals surface area contributed by atoms with Crippen LogP contribution in [0.4, 0.5) is 5.69 Å². The van der Waals surface area contributed by atoms with E-state index in [1.807, 2.05) is 0 Å². The Morgan fingerprint density at radius 1 is 1.53 bits per heavy atom. The van der Waals surface area contributed by atoms with E-state index in [1.54, 1.807) is 12.1 Å². The minimum Gasteiger partial charge on any atom is -0.497 e. The van der Waals surface area contributed by atoms with E-state index in [0.29, 0.717) is 24.2 Å². The maximum atomic E-state index is 10.7. The molecule has 0 amide bonds. The van der Waals surface area contributed by atoms with Gasteiger partial charge in [0, 0.05) is 18.2 Å². The first-order chi connectivity index (χ1) is 7.19. The van der Waals surface area contributed by atoms with Crippen molar-refractivity contribution in [3.05, 3.63) is 33.9 Å². The Morgan fingerprint density at radius 3 is 2.80 bits per heavy atom. The number of aliphatic hydroxyl groups is 1. The number of aryl methyl sites for hydroxylation is 1. The van der Waals surface area contributed by atoms with Gasteiger partial charge >= 0.3 is 0 Å². The Hall–Kier alpha value is -1.62. The number of hydrogen-bond donors (Lipinski definition) is 1. The molecule has 5 heteroatoms. The summed E-state index contributed by atoms with van der Waals surface area (Å²) in [6.07, 6.45) is 0.984. The minimum absolute atomic E-state index is 0.0222. The van der Waals surface area contributed by atoms with Gasteiger partial charge in [0.1, 0.15) is 5.75 Å². The lowest BCUT2D eigenvalue weighted by molar-refractivity contribution is -0.385. The van der Waals surface area contributed by atoms with E-state index < -0.39 is 4.92 Å². The molecule has 0 unspecified atom stereocenters. The molecule has 82 valence electrons. The Kier molecular flexibility index (Phi) is 4.05. The number of nitro benzene ring substituents is 1. The van der Waals surface area contributed by atoms with Crippen LogP contribution in [-0.2, 0) is 6.42 Å². The van der Waals surface area contributed by atoms with Crippen LogP contribution in [0.25, 0.3) is 0 Å². The average Bonchev–Trinajstić information content (AvgIpc) is 2.25. The van der Waals surface area contributed by atoms with Crippen LogP contribution in [0.15, 0.2) is 18.2 Å². The summed E-state index contributed by atoms with van der Waals surface area (Å²) in [5, 5.41) is 19.4. The van der Waals surface area contributed by atoms with Crippen molar-refractivity contribution in [1.82, 2.24) is 0 Å². The van der Waals surface area contributed by atoms with Crippen LogP contribution in [0.5, 0.6) is 5.75 Å². The first kappa shape index (κ1) is 11.5. The van der Waals surface area contributed by atoms with Gasteiger partial charge in [0.05, 0.1) is 12.0 Å². The van der Waals surface area contributed by atoms with E-state index in [0.717, 1.165) is 0 Å². The van der Waals surface area contributed by atoms with Gasteiger partial charge in [-0.05, 0) is 25.0 Å². The van der Waals surface area contributed by atoms with Crippen LogP contribution in [0, 0.1) is 10.1 Å². The highest BCUT2D eigenvalue weighted by Crippen LogP contribution is 2.24. The molecule has 1 rings (SSSR count). The fourth-order valence-electron chi connectivity index (χ4n) is 1.34. The number of ether oxygens (including phenoxy) is 1. The summed E-state index contributed by atoms with van der Waals surface area (Å²) < 4.78 is 4.98. The fourth-order valence-corrected chi connectivity index (χ4v) is 1.34. The second kappa shape index (κ2) is 5.31. The second-order valence-electron chi connectivity index (χ2n) is 3.08. The van der Waals surface area contributed by atoms with Crippen molar-refractivity contribution in [3.63, 3.8) is 0 Å². The van der Waals surface area contributed by atoms with Crippen molar-refractivity contribution in [2.45, 2.75) is 12.8 Å². The van der Waals surface area contributed by atoms with Crippen LogP contribution in [0.2, 0.25) is 0 Å². The molecule has 0 fully saturated rings. The molecule has 1 aromatic rings. The summed E-state index contributed by atoms with van der Waals surface area (Å²) >= 11 is 0. The summed E-state index contributed by atoms with van der Waals surface area (Å²) in [4.78, 5) is 10.3. The zero-order valence-electron chi connectivity index (χ0n) is 8.47. The van der Waals surface area contributed by atoms with Gasteiger partial charge in [-0.3, -0.25) is 10.1 Å². The number of aliphatic hydroxyl groups excluding tert-OH is 1. The predicted molar refractivity (Wildman–Crippen MR) is 55.1 cm³/mol. The number of nitro groups is 1. The lowest BCUT2D eigenvalue weighted by atomic mass is 10.1. The highest BCUT2D eigenvalue weighted by Gasteiger charge is 2.13. The highest BCUT2D eigenvalue weighted by molar-refractivity contribution is 5.45. The predicted octanol–water partition coefficient (Wildman–Crippen LogP) is 1.53. The summed E-state index contributed by atoms with van der Waals surface area (Å²) in [5.74, 6) is 0.591. The first-order valence-corrected chi connectivity index (χ1v) is 4.61.